The Labute approximate surface area is 81.8 Å². The van der Waals surface area contributed by atoms with Gasteiger partial charge in [0, 0.05) is 5.56 Å². The van der Waals surface area contributed by atoms with E-state index < -0.39 is 11.7 Å². The van der Waals surface area contributed by atoms with Gasteiger partial charge in [-0.2, -0.15) is 5.26 Å². The van der Waals surface area contributed by atoms with Crippen molar-refractivity contribution in [1.82, 2.24) is 0 Å². The molecule has 3 heteroatoms. The molecule has 1 aromatic rings. The lowest BCUT2D eigenvalue weighted by Crippen LogP contribution is -1.98. The summed E-state index contributed by atoms with van der Waals surface area (Å²) in [5.41, 5.74) is 1.16. The molecule has 1 aromatic carbocycles. The Morgan fingerprint density at radius 3 is 2.69 bits per heavy atom. The number of hydrogen-bond donors (Lipinski definition) is 0. The highest BCUT2D eigenvalue weighted by atomic mass is 35.5. The molecule has 0 heterocycles. The molecular weight excluding hydrogens is 189 g/mol. The number of halogens is 2. The van der Waals surface area contributed by atoms with E-state index in [2.05, 4.69) is 0 Å². The molecule has 0 aliphatic heterocycles. The number of nitrogens with zero attached hydrogens (tertiary/aromatic N) is 1. The minimum absolute atomic E-state index is 0.0719. The zero-order chi connectivity index (χ0) is 10.0. The smallest absolute Gasteiger partial charge is 0.146 e. The lowest BCUT2D eigenvalue weighted by molar-refractivity contribution is 0.604. The van der Waals surface area contributed by atoms with E-state index in [1.807, 2.05) is 6.07 Å². The van der Waals surface area contributed by atoms with Crippen LogP contribution >= 0.6 is 11.6 Å². The minimum Gasteiger partial charge on any atom is -0.205 e. The van der Waals surface area contributed by atoms with Crippen molar-refractivity contribution in [2.75, 3.05) is 0 Å². The van der Waals surface area contributed by atoms with Gasteiger partial charge in [-0.25, -0.2) is 4.39 Å². The summed E-state index contributed by atoms with van der Waals surface area (Å²) in [6, 6.07) is 5.21. The maximum atomic E-state index is 13.4. The standard InChI is InChI=1S/C10H9ClFN/c1-6-3-4-8(11)10(12)9(6)7(2)5-13/h3-4,7H,1-2H3. The van der Waals surface area contributed by atoms with E-state index in [1.165, 1.54) is 6.07 Å². The Bertz CT molecular complexity index is 368. The molecule has 0 aromatic heterocycles. The van der Waals surface area contributed by atoms with Crippen molar-refractivity contribution in [2.24, 2.45) is 0 Å². The first-order chi connectivity index (χ1) is 6.07. The van der Waals surface area contributed by atoms with Crippen molar-refractivity contribution < 1.29 is 4.39 Å². The molecule has 0 spiro atoms. The van der Waals surface area contributed by atoms with Crippen LogP contribution < -0.4 is 0 Å². The summed E-state index contributed by atoms with van der Waals surface area (Å²) in [4.78, 5) is 0. The van der Waals surface area contributed by atoms with Crippen LogP contribution in [0.4, 0.5) is 4.39 Å². The topological polar surface area (TPSA) is 23.8 Å². The molecule has 0 amide bonds. The summed E-state index contributed by atoms with van der Waals surface area (Å²) in [7, 11) is 0. The molecule has 1 nitrogen and oxygen atoms in total. The van der Waals surface area contributed by atoms with E-state index in [4.69, 9.17) is 16.9 Å². The lowest BCUT2D eigenvalue weighted by Gasteiger charge is -2.09. The second-order valence-corrected chi connectivity index (χ2v) is 3.35. The highest BCUT2D eigenvalue weighted by Crippen LogP contribution is 2.27. The minimum atomic E-state index is -0.476. The molecule has 0 aliphatic carbocycles. The third-order valence-electron chi connectivity index (χ3n) is 1.98. The van der Waals surface area contributed by atoms with Gasteiger partial charge in [-0.15, -0.1) is 0 Å². The summed E-state index contributed by atoms with van der Waals surface area (Å²) < 4.78 is 13.4. The average molecular weight is 198 g/mol. The van der Waals surface area contributed by atoms with Gasteiger partial charge < -0.3 is 0 Å². The van der Waals surface area contributed by atoms with Gasteiger partial charge in [0.25, 0.3) is 0 Å². The van der Waals surface area contributed by atoms with Crippen LogP contribution in [0.15, 0.2) is 12.1 Å². The molecule has 13 heavy (non-hydrogen) atoms. The predicted molar refractivity (Wildman–Crippen MR) is 50.2 cm³/mol. The highest BCUT2D eigenvalue weighted by molar-refractivity contribution is 6.30. The van der Waals surface area contributed by atoms with Crippen LogP contribution in [-0.2, 0) is 0 Å². The van der Waals surface area contributed by atoms with Crippen LogP contribution in [0.25, 0.3) is 0 Å². The van der Waals surface area contributed by atoms with Crippen molar-refractivity contribution in [2.45, 2.75) is 19.8 Å². The fourth-order valence-corrected chi connectivity index (χ4v) is 1.42. The van der Waals surface area contributed by atoms with Crippen molar-refractivity contribution in [3.05, 3.63) is 34.1 Å². The van der Waals surface area contributed by atoms with Gasteiger partial charge in [-0.3, -0.25) is 0 Å². The molecule has 1 atom stereocenters. The van der Waals surface area contributed by atoms with Gasteiger partial charge >= 0.3 is 0 Å². The van der Waals surface area contributed by atoms with Crippen LogP contribution in [0.5, 0.6) is 0 Å². The zero-order valence-electron chi connectivity index (χ0n) is 7.44. The van der Waals surface area contributed by atoms with Gasteiger partial charge in [-0.1, -0.05) is 17.7 Å². The first-order valence-corrected chi connectivity index (χ1v) is 4.29. The Kier molecular flexibility index (Phi) is 2.90. The average Bonchev–Trinajstić information content (AvgIpc) is 2.12. The van der Waals surface area contributed by atoms with E-state index in [9.17, 15) is 4.39 Å². The summed E-state index contributed by atoms with van der Waals surface area (Å²) in [5, 5.41) is 8.74. The maximum absolute atomic E-state index is 13.4. The molecule has 0 radical (unpaired) electrons. The van der Waals surface area contributed by atoms with Crippen molar-refractivity contribution >= 4 is 11.6 Å². The first-order valence-electron chi connectivity index (χ1n) is 3.92. The van der Waals surface area contributed by atoms with Gasteiger partial charge in [0.2, 0.25) is 0 Å². The fraction of sp³-hybridized carbons (Fsp3) is 0.300. The molecule has 0 saturated heterocycles. The molecule has 0 bridgehead atoms. The van der Waals surface area contributed by atoms with E-state index in [1.54, 1.807) is 19.9 Å². The SMILES string of the molecule is Cc1ccc(Cl)c(F)c1C(C)C#N. The third-order valence-corrected chi connectivity index (χ3v) is 2.27. The molecule has 1 rings (SSSR count). The summed E-state index contributed by atoms with van der Waals surface area (Å²) in [6.07, 6.45) is 0. The number of aryl methyl sites for hydroxylation is 1. The van der Waals surface area contributed by atoms with E-state index in [-0.39, 0.29) is 5.02 Å². The monoisotopic (exact) mass is 197 g/mol. The van der Waals surface area contributed by atoms with Gasteiger partial charge in [-0.05, 0) is 25.5 Å². The van der Waals surface area contributed by atoms with Crippen LogP contribution in [0.1, 0.15) is 24.0 Å². The molecule has 68 valence electrons. The van der Waals surface area contributed by atoms with Crippen molar-refractivity contribution in [1.29, 1.82) is 5.26 Å². The molecule has 0 aliphatic rings. The highest BCUT2D eigenvalue weighted by Gasteiger charge is 2.15. The van der Waals surface area contributed by atoms with E-state index in [0.29, 0.717) is 5.56 Å². The Balaban J connectivity index is 3.35. The second-order valence-electron chi connectivity index (χ2n) is 2.94. The van der Waals surface area contributed by atoms with Gasteiger partial charge in [0.1, 0.15) is 5.82 Å². The molecule has 0 N–H and O–H groups in total. The number of nitriles is 1. The van der Waals surface area contributed by atoms with E-state index >= 15 is 0 Å². The van der Waals surface area contributed by atoms with Crippen LogP contribution in [0, 0.1) is 24.1 Å². The van der Waals surface area contributed by atoms with Crippen molar-refractivity contribution in [3.8, 4) is 6.07 Å². The lowest BCUT2D eigenvalue weighted by atomic mass is 9.97. The van der Waals surface area contributed by atoms with Crippen LogP contribution in [-0.4, -0.2) is 0 Å². The van der Waals surface area contributed by atoms with Gasteiger partial charge in [0.05, 0.1) is 17.0 Å². The normalized spacial score (nSPS) is 12.2. The largest absolute Gasteiger partial charge is 0.205 e. The molecular formula is C10H9ClFN. The maximum Gasteiger partial charge on any atom is 0.146 e. The summed E-state index contributed by atoms with van der Waals surface area (Å²) >= 11 is 5.60. The summed E-state index contributed by atoms with van der Waals surface area (Å²) in [5.74, 6) is -0.936. The second kappa shape index (κ2) is 3.76. The molecule has 0 fully saturated rings. The molecule has 0 saturated carbocycles. The zero-order valence-corrected chi connectivity index (χ0v) is 8.19. The number of hydrogen-bond acceptors (Lipinski definition) is 1. The quantitative estimate of drug-likeness (QED) is 0.677. The Hall–Kier alpha value is -1.07. The number of rotatable bonds is 1. The predicted octanol–water partition coefficient (Wildman–Crippen LogP) is 3.41. The van der Waals surface area contributed by atoms with Crippen LogP contribution in [0.2, 0.25) is 5.02 Å². The fourth-order valence-electron chi connectivity index (χ4n) is 1.26. The molecule has 1 unspecified atom stereocenters. The van der Waals surface area contributed by atoms with Crippen molar-refractivity contribution in [3.63, 3.8) is 0 Å². The van der Waals surface area contributed by atoms with E-state index in [0.717, 1.165) is 5.56 Å². The number of benzene rings is 1. The Morgan fingerprint density at radius 1 is 1.54 bits per heavy atom. The first kappa shape index (κ1) is 10.0. The van der Waals surface area contributed by atoms with Gasteiger partial charge in [0.15, 0.2) is 0 Å². The third kappa shape index (κ3) is 1.81. The van der Waals surface area contributed by atoms with Crippen LogP contribution in [0.3, 0.4) is 0 Å². The summed E-state index contributed by atoms with van der Waals surface area (Å²) in [6.45, 7) is 3.42. The Morgan fingerprint density at radius 2 is 2.15 bits per heavy atom.